The van der Waals surface area contributed by atoms with E-state index in [0.717, 1.165) is 19.8 Å². The molecule has 1 aromatic rings. The molecule has 2 rings (SSSR count). The van der Waals surface area contributed by atoms with Gasteiger partial charge in [-0.05, 0) is 38.1 Å². The van der Waals surface area contributed by atoms with Gasteiger partial charge in [-0.1, -0.05) is 12.1 Å². The molecule has 2 atom stereocenters. The Kier molecular flexibility index (Phi) is 4.61. The third kappa shape index (κ3) is 3.24. The van der Waals surface area contributed by atoms with Crippen LogP contribution in [0.4, 0.5) is 5.69 Å². The zero-order chi connectivity index (χ0) is 13.0. The van der Waals surface area contributed by atoms with E-state index in [4.69, 9.17) is 4.74 Å². The van der Waals surface area contributed by atoms with Crippen molar-refractivity contribution in [1.82, 2.24) is 5.32 Å². The van der Waals surface area contributed by atoms with Crippen molar-refractivity contribution in [2.45, 2.75) is 19.4 Å². The monoisotopic (exact) mass is 248 g/mol. The summed E-state index contributed by atoms with van der Waals surface area (Å²) in [5.41, 5.74) is 2.60. The molecule has 1 aliphatic rings. The van der Waals surface area contributed by atoms with Crippen molar-refractivity contribution < 1.29 is 4.74 Å². The van der Waals surface area contributed by atoms with Crippen LogP contribution in [0.15, 0.2) is 24.3 Å². The van der Waals surface area contributed by atoms with Gasteiger partial charge in [-0.2, -0.15) is 0 Å². The fraction of sp³-hybridized carbons (Fsp3) is 0.600. The van der Waals surface area contributed by atoms with Crippen LogP contribution in [0.1, 0.15) is 12.0 Å². The predicted molar refractivity (Wildman–Crippen MR) is 76.2 cm³/mol. The first-order chi connectivity index (χ1) is 8.70. The number of likely N-dealkylation sites (N-methyl/N-ethyl adjacent to an activating group) is 2. The van der Waals surface area contributed by atoms with Crippen LogP contribution in [0.5, 0.6) is 0 Å². The van der Waals surface area contributed by atoms with Crippen LogP contribution in [0.3, 0.4) is 0 Å². The van der Waals surface area contributed by atoms with Gasteiger partial charge in [0.25, 0.3) is 0 Å². The molecule has 1 heterocycles. The Morgan fingerprint density at radius 1 is 1.50 bits per heavy atom. The van der Waals surface area contributed by atoms with Crippen LogP contribution in [0, 0.1) is 12.8 Å². The van der Waals surface area contributed by atoms with Gasteiger partial charge in [0.2, 0.25) is 0 Å². The van der Waals surface area contributed by atoms with Crippen molar-refractivity contribution >= 4 is 5.69 Å². The summed E-state index contributed by atoms with van der Waals surface area (Å²) in [6.45, 7) is 4.97. The molecule has 1 saturated heterocycles. The minimum Gasteiger partial charge on any atom is -0.381 e. The lowest BCUT2D eigenvalue weighted by Gasteiger charge is -2.29. The number of anilines is 1. The maximum atomic E-state index is 5.49. The topological polar surface area (TPSA) is 24.5 Å². The molecule has 1 aromatic carbocycles. The summed E-state index contributed by atoms with van der Waals surface area (Å²) >= 11 is 0. The highest BCUT2D eigenvalue weighted by Gasteiger charge is 2.25. The van der Waals surface area contributed by atoms with Gasteiger partial charge in [0.1, 0.15) is 0 Å². The molecule has 2 unspecified atom stereocenters. The molecular weight excluding hydrogens is 224 g/mol. The third-order valence-corrected chi connectivity index (χ3v) is 3.82. The van der Waals surface area contributed by atoms with E-state index in [2.05, 4.69) is 48.5 Å². The zero-order valence-corrected chi connectivity index (χ0v) is 11.6. The highest BCUT2D eigenvalue weighted by Crippen LogP contribution is 2.20. The summed E-state index contributed by atoms with van der Waals surface area (Å²) in [6, 6.07) is 9.16. The fourth-order valence-corrected chi connectivity index (χ4v) is 2.61. The number of benzene rings is 1. The van der Waals surface area contributed by atoms with E-state index >= 15 is 0 Å². The first kappa shape index (κ1) is 13.4. The van der Waals surface area contributed by atoms with Crippen LogP contribution in [-0.4, -0.2) is 39.9 Å². The quantitative estimate of drug-likeness (QED) is 0.863. The highest BCUT2D eigenvalue weighted by atomic mass is 16.5. The Hall–Kier alpha value is -1.06. The van der Waals surface area contributed by atoms with Gasteiger partial charge >= 0.3 is 0 Å². The summed E-state index contributed by atoms with van der Waals surface area (Å²) in [5, 5.41) is 3.44. The molecule has 0 spiro atoms. The smallest absolute Gasteiger partial charge is 0.0510 e. The number of nitrogens with zero attached hydrogens (tertiary/aromatic N) is 1. The fourth-order valence-electron chi connectivity index (χ4n) is 2.61. The van der Waals surface area contributed by atoms with Gasteiger partial charge in [0, 0.05) is 37.8 Å². The molecular formula is C15H24N2O. The maximum absolute atomic E-state index is 5.49. The molecule has 3 nitrogen and oxygen atoms in total. The molecule has 1 aliphatic heterocycles. The minimum absolute atomic E-state index is 0.498. The van der Waals surface area contributed by atoms with Gasteiger partial charge in [-0.15, -0.1) is 0 Å². The lowest BCUT2D eigenvalue weighted by Crippen LogP contribution is -2.43. The van der Waals surface area contributed by atoms with Crippen molar-refractivity contribution in [2.75, 3.05) is 38.8 Å². The molecule has 1 N–H and O–H groups in total. The number of hydrogen-bond donors (Lipinski definition) is 1. The van der Waals surface area contributed by atoms with Gasteiger partial charge in [-0.3, -0.25) is 0 Å². The minimum atomic E-state index is 0.498. The van der Waals surface area contributed by atoms with Crippen molar-refractivity contribution in [3.8, 4) is 0 Å². The van der Waals surface area contributed by atoms with Crippen LogP contribution < -0.4 is 10.2 Å². The molecule has 0 amide bonds. The average molecular weight is 248 g/mol. The van der Waals surface area contributed by atoms with Gasteiger partial charge in [0.05, 0.1) is 6.61 Å². The van der Waals surface area contributed by atoms with Crippen LogP contribution in [0.25, 0.3) is 0 Å². The molecule has 3 heteroatoms. The molecule has 0 saturated carbocycles. The van der Waals surface area contributed by atoms with Crippen molar-refractivity contribution in [3.63, 3.8) is 0 Å². The van der Waals surface area contributed by atoms with Crippen LogP contribution >= 0.6 is 0 Å². The van der Waals surface area contributed by atoms with Crippen molar-refractivity contribution in [3.05, 3.63) is 29.8 Å². The Bertz CT molecular complexity index is 375. The van der Waals surface area contributed by atoms with E-state index in [-0.39, 0.29) is 0 Å². The average Bonchev–Trinajstić information content (AvgIpc) is 2.89. The molecule has 0 bridgehead atoms. The summed E-state index contributed by atoms with van der Waals surface area (Å²) in [7, 11) is 4.21. The van der Waals surface area contributed by atoms with Gasteiger partial charge < -0.3 is 15.0 Å². The standard InChI is InChI=1S/C15H24N2O/c1-12-5-4-6-14(9-12)17(3)10-15(16-2)13-7-8-18-11-13/h4-6,9,13,15-16H,7-8,10-11H2,1-3H3. The van der Waals surface area contributed by atoms with Crippen LogP contribution in [0.2, 0.25) is 0 Å². The van der Waals surface area contributed by atoms with E-state index in [1.54, 1.807) is 0 Å². The van der Waals surface area contributed by atoms with E-state index < -0.39 is 0 Å². The molecule has 0 aliphatic carbocycles. The molecule has 0 aromatic heterocycles. The van der Waals surface area contributed by atoms with Gasteiger partial charge in [-0.25, -0.2) is 0 Å². The maximum Gasteiger partial charge on any atom is 0.0510 e. The Morgan fingerprint density at radius 2 is 2.33 bits per heavy atom. The normalized spacial score (nSPS) is 20.9. The number of nitrogens with one attached hydrogen (secondary N) is 1. The second kappa shape index (κ2) is 6.21. The van der Waals surface area contributed by atoms with Gasteiger partial charge in [0.15, 0.2) is 0 Å². The summed E-state index contributed by atoms with van der Waals surface area (Å²) in [4.78, 5) is 2.33. The zero-order valence-electron chi connectivity index (χ0n) is 11.6. The second-order valence-corrected chi connectivity index (χ2v) is 5.24. The SMILES string of the molecule is CNC(CN(C)c1cccc(C)c1)C1CCOC1. The van der Waals surface area contributed by atoms with Crippen molar-refractivity contribution in [1.29, 1.82) is 0 Å². The molecule has 1 fully saturated rings. The molecule has 18 heavy (non-hydrogen) atoms. The summed E-state index contributed by atoms with van der Waals surface area (Å²) in [6.07, 6.45) is 1.17. The predicted octanol–water partition coefficient (Wildman–Crippen LogP) is 2.06. The second-order valence-electron chi connectivity index (χ2n) is 5.24. The number of aryl methyl sites for hydroxylation is 1. The van der Waals surface area contributed by atoms with Crippen molar-refractivity contribution in [2.24, 2.45) is 5.92 Å². The number of hydrogen-bond acceptors (Lipinski definition) is 3. The first-order valence-corrected chi connectivity index (χ1v) is 6.73. The summed E-state index contributed by atoms with van der Waals surface area (Å²) < 4.78 is 5.49. The Labute approximate surface area is 110 Å². The Morgan fingerprint density at radius 3 is 2.94 bits per heavy atom. The van der Waals surface area contributed by atoms with E-state index in [1.165, 1.54) is 17.7 Å². The summed E-state index contributed by atoms with van der Waals surface area (Å²) in [5.74, 6) is 0.641. The van der Waals surface area contributed by atoms with Crippen LogP contribution in [-0.2, 0) is 4.74 Å². The number of rotatable bonds is 5. The van der Waals surface area contributed by atoms with E-state index in [0.29, 0.717) is 12.0 Å². The highest BCUT2D eigenvalue weighted by molar-refractivity contribution is 5.47. The third-order valence-electron chi connectivity index (χ3n) is 3.82. The van der Waals surface area contributed by atoms with E-state index in [1.807, 2.05) is 7.05 Å². The Balaban J connectivity index is 1.98. The largest absolute Gasteiger partial charge is 0.381 e. The first-order valence-electron chi connectivity index (χ1n) is 6.73. The lowest BCUT2D eigenvalue weighted by atomic mass is 9.98. The lowest BCUT2D eigenvalue weighted by molar-refractivity contribution is 0.178. The number of ether oxygens (including phenoxy) is 1. The van der Waals surface area contributed by atoms with E-state index in [9.17, 15) is 0 Å². The molecule has 100 valence electrons. The molecule has 0 radical (unpaired) electrons.